The van der Waals surface area contributed by atoms with Gasteiger partial charge in [0, 0.05) is 24.9 Å². The quantitative estimate of drug-likeness (QED) is 0.0742. The molecule has 0 unspecified atom stereocenters. The van der Waals surface area contributed by atoms with E-state index in [-0.39, 0.29) is 41.1 Å². The zero-order chi connectivity index (χ0) is 39.7. The van der Waals surface area contributed by atoms with Gasteiger partial charge in [-0.05, 0) is 123 Å². The Morgan fingerprint density at radius 2 is 1.27 bits per heavy atom. The second kappa shape index (κ2) is 17.7. The van der Waals surface area contributed by atoms with Crippen LogP contribution in [0.3, 0.4) is 0 Å². The van der Waals surface area contributed by atoms with E-state index < -0.39 is 43.7 Å². The summed E-state index contributed by atoms with van der Waals surface area (Å²) in [4.78, 5) is 52.2. The molecule has 1 fully saturated rings. The van der Waals surface area contributed by atoms with Crippen molar-refractivity contribution < 1.29 is 47.3 Å². The standard InChI is InChI=1S/C39H62N2O10Si/c1-36(2,3)48-33(43)25-46-29-17-16-28(23-30(29)47-26-34(44)49-37(4,5)6)31(51-52(13,14)39(10,11)12)24-40-32(42)18-15-27-19-21-41(22-20-27)35(45)50-38(7,8)9/h15-18,23-24,27H,19-22,25-26H2,1-14H3,(H,40,42)/b18-15+,31-24-. The number of carbonyl (C=O) groups excluding carboxylic acids is 4. The fourth-order valence-electron chi connectivity index (χ4n) is 4.52. The molecule has 292 valence electrons. The predicted molar refractivity (Wildman–Crippen MR) is 203 cm³/mol. The van der Waals surface area contributed by atoms with Gasteiger partial charge in [-0.15, -0.1) is 0 Å². The van der Waals surface area contributed by atoms with Gasteiger partial charge in [0.05, 0.1) is 0 Å². The Labute approximate surface area is 311 Å². The molecule has 13 heteroatoms. The number of piperidine rings is 1. The molecule has 1 saturated heterocycles. The lowest BCUT2D eigenvalue weighted by molar-refractivity contribution is -0.158. The number of hydrogen-bond donors (Lipinski definition) is 1. The van der Waals surface area contributed by atoms with Crippen LogP contribution >= 0.6 is 0 Å². The molecule has 2 amide bonds. The molecule has 0 bridgehead atoms. The van der Waals surface area contributed by atoms with Crippen molar-refractivity contribution in [3.05, 3.63) is 42.1 Å². The van der Waals surface area contributed by atoms with Gasteiger partial charge in [0.15, 0.2) is 24.7 Å². The summed E-state index contributed by atoms with van der Waals surface area (Å²) < 4.78 is 34.6. The fourth-order valence-corrected chi connectivity index (χ4v) is 5.55. The minimum Gasteiger partial charge on any atom is -0.542 e. The van der Waals surface area contributed by atoms with Gasteiger partial charge in [-0.3, -0.25) is 4.79 Å². The molecular weight excluding hydrogens is 685 g/mol. The molecule has 1 N–H and O–H groups in total. The lowest BCUT2D eigenvalue weighted by atomic mass is 9.96. The maximum Gasteiger partial charge on any atom is 0.410 e. The number of ether oxygens (including phenoxy) is 5. The molecule has 2 rings (SSSR count). The molecule has 0 aromatic heterocycles. The van der Waals surface area contributed by atoms with Crippen molar-refractivity contribution in [2.45, 2.75) is 131 Å². The van der Waals surface area contributed by atoms with Crippen LogP contribution in [-0.4, -0.2) is 80.3 Å². The highest BCUT2D eigenvalue weighted by Gasteiger charge is 2.40. The third kappa shape index (κ3) is 16.1. The van der Waals surface area contributed by atoms with Gasteiger partial charge >= 0.3 is 18.0 Å². The van der Waals surface area contributed by atoms with E-state index in [0.29, 0.717) is 37.3 Å². The molecule has 1 aliphatic rings. The second-order valence-corrected chi connectivity index (χ2v) is 22.2. The molecule has 1 aromatic carbocycles. The Morgan fingerprint density at radius 1 is 0.769 bits per heavy atom. The minimum atomic E-state index is -2.43. The Balaban J connectivity index is 2.34. The van der Waals surface area contributed by atoms with Crippen LogP contribution < -0.4 is 14.8 Å². The van der Waals surface area contributed by atoms with Crippen LogP contribution in [0.5, 0.6) is 11.5 Å². The van der Waals surface area contributed by atoms with E-state index in [2.05, 4.69) is 39.2 Å². The van der Waals surface area contributed by atoms with Gasteiger partial charge in [0.1, 0.15) is 22.6 Å². The number of nitrogens with one attached hydrogen (secondary N) is 1. The summed E-state index contributed by atoms with van der Waals surface area (Å²) in [5, 5.41) is 2.67. The van der Waals surface area contributed by atoms with Crippen molar-refractivity contribution in [2.75, 3.05) is 26.3 Å². The predicted octanol–water partition coefficient (Wildman–Crippen LogP) is 7.77. The first-order valence-electron chi connectivity index (χ1n) is 17.8. The summed E-state index contributed by atoms with van der Waals surface area (Å²) in [6, 6.07) is 4.97. The Kier molecular flexibility index (Phi) is 15.0. The van der Waals surface area contributed by atoms with E-state index in [0.717, 1.165) is 0 Å². The van der Waals surface area contributed by atoms with Gasteiger partial charge in [0.25, 0.3) is 8.32 Å². The second-order valence-electron chi connectivity index (χ2n) is 17.5. The Bertz CT molecular complexity index is 1470. The number of esters is 2. The van der Waals surface area contributed by atoms with Gasteiger partial charge in [0.2, 0.25) is 5.91 Å². The van der Waals surface area contributed by atoms with Gasteiger partial charge in [-0.25, -0.2) is 14.4 Å². The maximum absolute atomic E-state index is 13.1. The highest BCUT2D eigenvalue weighted by Crippen LogP contribution is 2.40. The molecule has 12 nitrogen and oxygen atoms in total. The molecule has 0 spiro atoms. The molecule has 52 heavy (non-hydrogen) atoms. The van der Waals surface area contributed by atoms with Crippen LogP contribution in [-0.2, 0) is 33.0 Å². The van der Waals surface area contributed by atoms with Crippen LogP contribution in [0.1, 0.15) is 101 Å². The van der Waals surface area contributed by atoms with Crippen molar-refractivity contribution in [1.29, 1.82) is 0 Å². The number of carbonyl (C=O) groups is 4. The average molecular weight is 747 g/mol. The van der Waals surface area contributed by atoms with Crippen LogP contribution in [0.25, 0.3) is 5.76 Å². The SMILES string of the molecule is CC(C)(C)OC(=O)COc1ccc(/C(=C/NC(=O)/C=C/C2CCN(C(=O)OC(C)(C)C)CC2)O[Si](C)(C)C(C)(C)C)cc1OCC(=O)OC(C)(C)C. The van der Waals surface area contributed by atoms with Crippen molar-refractivity contribution in [3.63, 3.8) is 0 Å². The largest absolute Gasteiger partial charge is 0.542 e. The number of nitrogens with zero attached hydrogens (tertiary/aromatic N) is 1. The molecule has 1 aromatic rings. The maximum atomic E-state index is 13.1. The summed E-state index contributed by atoms with van der Waals surface area (Å²) in [5.74, 6) is -0.603. The summed E-state index contributed by atoms with van der Waals surface area (Å²) >= 11 is 0. The third-order valence-electron chi connectivity index (χ3n) is 7.99. The number of amides is 2. The zero-order valence-electron chi connectivity index (χ0n) is 33.8. The molecule has 0 aliphatic carbocycles. The van der Waals surface area contributed by atoms with E-state index in [4.69, 9.17) is 28.1 Å². The lowest BCUT2D eigenvalue weighted by Gasteiger charge is -2.37. The first kappa shape index (κ1) is 44.2. The lowest BCUT2D eigenvalue weighted by Crippen LogP contribution is -2.41. The third-order valence-corrected chi connectivity index (χ3v) is 12.3. The summed E-state index contributed by atoms with van der Waals surface area (Å²) in [6.07, 6.45) is 5.99. The first-order chi connectivity index (χ1) is 23.6. The van der Waals surface area contributed by atoms with Crippen LogP contribution in [0.4, 0.5) is 4.79 Å². The number of hydrogen-bond acceptors (Lipinski definition) is 10. The normalized spacial score (nSPS) is 15.2. The van der Waals surface area contributed by atoms with Crippen LogP contribution in [0.15, 0.2) is 36.6 Å². The molecule has 0 saturated carbocycles. The average Bonchev–Trinajstić information content (AvgIpc) is 2.97. The van der Waals surface area contributed by atoms with Gasteiger partial charge in [-0.1, -0.05) is 26.8 Å². The van der Waals surface area contributed by atoms with E-state index in [9.17, 15) is 19.2 Å². The summed E-state index contributed by atoms with van der Waals surface area (Å²) in [6.45, 7) is 26.9. The first-order valence-corrected chi connectivity index (χ1v) is 20.7. The number of likely N-dealkylation sites (tertiary alicyclic amines) is 1. The number of allylic oxidation sites excluding steroid dienone is 1. The zero-order valence-corrected chi connectivity index (χ0v) is 34.8. The van der Waals surface area contributed by atoms with Crippen molar-refractivity contribution in [3.8, 4) is 11.5 Å². The van der Waals surface area contributed by atoms with Crippen molar-refractivity contribution in [2.24, 2.45) is 5.92 Å². The number of rotatable bonds is 12. The molecule has 0 atom stereocenters. The Hall–Kier alpha value is -4.00. The highest BCUT2D eigenvalue weighted by atomic mass is 28.4. The highest BCUT2D eigenvalue weighted by molar-refractivity contribution is 6.74. The summed E-state index contributed by atoms with van der Waals surface area (Å²) in [5.41, 5.74) is -1.42. The molecule has 1 aliphatic heterocycles. The van der Waals surface area contributed by atoms with Crippen LogP contribution in [0.2, 0.25) is 18.1 Å². The van der Waals surface area contributed by atoms with E-state index >= 15 is 0 Å². The van der Waals surface area contributed by atoms with E-state index in [1.807, 2.05) is 26.8 Å². The Morgan fingerprint density at radius 3 is 1.75 bits per heavy atom. The molecular formula is C39H62N2O10Si. The van der Waals surface area contributed by atoms with E-state index in [1.165, 1.54) is 12.3 Å². The molecule has 1 heterocycles. The minimum absolute atomic E-state index is 0.134. The smallest absolute Gasteiger partial charge is 0.410 e. The topological polar surface area (TPSA) is 139 Å². The summed E-state index contributed by atoms with van der Waals surface area (Å²) in [7, 11) is -2.43. The van der Waals surface area contributed by atoms with Crippen molar-refractivity contribution in [1.82, 2.24) is 10.2 Å². The van der Waals surface area contributed by atoms with Crippen molar-refractivity contribution >= 4 is 38.0 Å². The number of benzene rings is 1. The van der Waals surface area contributed by atoms with Gasteiger partial charge < -0.3 is 38.3 Å². The van der Waals surface area contributed by atoms with Gasteiger partial charge in [-0.2, -0.15) is 0 Å². The van der Waals surface area contributed by atoms with Crippen LogP contribution in [0, 0.1) is 5.92 Å². The fraction of sp³-hybridized carbons (Fsp3) is 0.641. The van der Waals surface area contributed by atoms with E-state index in [1.54, 1.807) is 64.6 Å². The monoisotopic (exact) mass is 746 g/mol. The molecule has 0 radical (unpaired) electrons.